The lowest BCUT2D eigenvalue weighted by atomic mass is 9.83. The largest absolute Gasteiger partial charge is 0.493 e. The average Bonchev–Trinajstić information content (AvgIpc) is 3.01. The van der Waals surface area contributed by atoms with Crippen LogP contribution < -0.4 is 18.4 Å². The number of ketones is 1. The molecule has 0 unspecified atom stereocenters. The number of hydrogen-bond donors (Lipinski definition) is 0. The Morgan fingerprint density at radius 3 is 1.90 bits per heavy atom. The minimum absolute atomic E-state index is 0.0859. The predicted octanol–water partition coefficient (Wildman–Crippen LogP) is 2.16. The summed E-state index contributed by atoms with van der Waals surface area (Å²) in [6.07, 6.45) is 0.906. The van der Waals surface area contributed by atoms with E-state index in [9.17, 15) is 18.0 Å². The summed E-state index contributed by atoms with van der Waals surface area (Å²) in [6, 6.07) is 5.54. The second-order valence-corrected chi connectivity index (χ2v) is 8.95. The maximum Gasteiger partial charge on any atom is 0.306 e. The summed E-state index contributed by atoms with van der Waals surface area (Å²) >= 11 is 0. The first-order valence-corrected chi connectivity index (χ1v) is 11.1. The number of Topliss-reactive ketones (excluding diaryl/α,β-unsaturated/α-hetero) is 1. The van der Waals surface area contributed by atoms with Crippen LogP contribution >= 0.6 is 0 Å². The van der Waals surface area contributed by atoms with Crippen LogP contribution in [0.3, 0.4) is 0 Å². The molecule has 0 N–H and O–H groups in total. The lowest BCUT2D eigenvalue weighted by Gasteiger charge is -2.36. The van der Waals surface area contributed by atoms with E-state index in [-0.39, 0.29) is 28.8 Å². The zero-order valence-electron chi connectivity index (χ0n) is 17.6. The Bertz CT molecular complexity index is 1220. The number of methoxy groups -OCH3 is 3. The molecule has 1 aliphatic heterocycles. The van der Waals surface area contributed by atoms with Gasteiger partial charge in [-0.1, -0.05) is 0 Å². The van der Waals surface area contributed by atoms with Crippen LogP contribution in [0.1, 0.15) is 43.8 Å². The molecule has 0 aromatic heterocycles. The molecule has 4 rings (SSSR count). The number of carbonyl (C=O) groups is 2. The van der Waals surface area contributed by atoms with E-state index in [1.165, 1.54) is 32.3 Å². The summed E-state index contributed by atoms with van der Waals surface area (Å²) in [5.41, 5.74) is 1.71. The molecule has 1 aliphatic carbocycles. The molecule has 31 heavy (non-hydrogen) atoms. The number of likely N-dealkylation sites (N-methyl/N-ethyl adjacent to an activating group) is 1. The Kier molecular flexibility index (Phi) is 4.84. The normalized spacial score (nSPS) is 19.5. The number of hydrogen-bond acceptors (Lipinski definition) is 8. The summed E-state index contributed by atoms with van der Waals surface area (Å²) in [4.78, 5) is 28.1. The minimum Gasteiger partial charge on any atom is -0.493 e. The summed E-state index contributed by atoms with van der Waals surface area (Å²) < 4.78 is 44.3. The molecule has 0 radical (unpaired) electrons. The molecule has 0 saturated carbocycles. The van der Waals surface area contributed by atoms with E-state index in [4.69, 9.17) is 18.4 Å². The molecule has 2 atom stereocenters. The van der Waals surface area contributed by atoms with Crippen LogP contribution in [0.5, 0.6) is 23.0 Å². The van der Waals surface area contributed by atoms with Crippen LogP contribution in [0.25, 0.3) is 0 Å². The van der Waals surface area contributed by atoms with Crippen LogP contribution in [0, 0.1) is 0 Å². The van der Waals surface area contributed by atoms with Crippen molar-refractivity contribution in [2.45, 2.75) is 12.0 Å². The number of ether oxygens (including phenoxy) is 3. The van der Waals surface area contributed by atoms with E-state index in [0.717, 1.165) is 6.26 Å². The molecule has 1 heterocycles. The third-order valence-corrected chi connectivity index (χ3v) is 6.10. The van der Waals surface area contributed by atoms with E-state index in [1.54, 1.807) is 25.2 Å². The monoisotopic (exact) mass is 447 g/mol. The summed E-state index contributed by atoms with van der Waals surface area (Å²) in [7, 11) is 2.09. The third-order valence-electron chi connectivity index (χ3n) is 5.62. The Labute approximate surface area is 179 Å². The Hall–Kier alpha value is -3.27. The SMILES string of the molecule is COc1cc2c(cc1OC)[C@H]1C(=O)c3cc(OS(C)(=O)=O)c(OC)cc3[C@@H]1N(C)C2=O. The van der Waals surface area contributed by atoms with Gasteiger partial charge in [0, 0.05) is 18.2 Å². The molecular weight excluding hydrogens is 426 g/mol. The lowest BCUT2D eigenvalue weighted by Crippen LogP contribution is -2.39. The van der Waals surface area contributed by atoms with Gasteiger partial charge in [0.15, 0.2) is 28.8 Å². The number of rotatable bonds is 5. The van der Waals surface area contributed by atoms with Crippen LogP contribution in [0.4, 0.5) is 0 Å². The van der Waals surface area contributed by atoms with Gasteiger partial charge in [-0.2, -0.15) is 8.42 Å². The van der Waals surface area contributed by atoms with Gasteiger partial charge in [-0.15, -0.1) is 0 Å². The van der Waals surface area contributed by atoms with Crippen molar-refractivity contribution < 1.29 is 36.4 Å². The molecule has 2 aliphatic rings. The molecular formula is C21H21NO8S. The first-order chi connectivity index (χ1) is 14.6. The molecule has 0 fully saturated rings. The van der Waals surface area contributed by atoms with Gasteiger partial charge in [-0.3, -0.25) is 9.59 Å². The van der Waals surface area contributed by atoms with Crippen molar-refractivity contribution in [3.05, 3.63) is 46.5 Å². The van der Waals surface area contributed by atoms with Crippen molar-refractivity contribution in [1.29, 1.82) is 0 Å². The van der Waals surface area contributed by atoms with Crippen LogP contribution in [0.2, 0.25) is 0 Å². The number of amides is 1. The first kappa shape index (κ1) is 21.0. The highest BCUT2D eigenvalue weighted by atomic mass is 32.2. The Morgan fingerprint density at radius 2 is 1.32 bits per heavy atom. The molecule has 164 valence electrons. The van der Waals surface area contributed by atoms with Gasteiger partial charge in [0.1, 0.15) is 0 Å². The second-order valence-electron chi connectivity index (χ2n) is 7.38. The molecule has 9 nitrogen and oxygen atoms in total. The maximum atomic E-state index is 13.5. The van der Waals surface area contributed by atoms with Crippen molar-refractivity contribution in [2.75, 3.05) is 34.6 Å². The van der Waals surface area contributed by atoms with Gasteiger partial charge in [0.05, 0.1) is 39.5 Å². The Balaban J connectivity index is 1.93. The first-order valence-electron chi connectivity index (χ1n) is 9.30. The van der Waals surface area contributed by atoms with Crippen LogP contribution in [-0.2, 0) is 10.1 Å². The molecule has 0 saturated heterocycles. The standard InChI is InChI=1S/C21H21NO8S/c1-22-19-11-7-16(29-4)17(30-31(5,25)26)8-12(11)20(23)18(19)10-6-14(27-2)15(28-3)9-13(10)21(22)24/h6-9,18-19H,1-5H3/t18-,19+/m1/s1. The number of benzene rings is 2. The zero-order valence-corrected chi connectivity index (χ0v) is 18.4. The van der Waals surface area contributed by atoms with Crippen molar-refractivity contribution in [2.24, 2.45) is 0 Å². The van der Waals surface area contributed by atoms with Crippen LogP contribution in [0.15, 0.2) is 24.3 Å². The highest BCUT2D eigenvalue weighted by Crippen LogP contribution is 2.53. The topological polar surface area (TPSA) is 108 Å². The maximum absolute atomic E-state index is 13.5. The van der Waals surface area contributed by atoms with Crippen molar-refractivity contribution in [3.8, 4) is 23.0 Å². The molecule has 10 heteroatoms. The van der Waals surface area contributed by atoms with E-state index in [0.29, 0.717) is 28.2 Å². The van der Waals surface area contributed by atoms with E-state index in [2.05, 4.69) is 0 Å². The highest BCUT2D eigenvalue weighted by Gasteiger charge is 2.50. The van der Waals surface area contributed by atoms with Gasteiger partial charge in [0.2, 0.25) is 0 Å². The Morgan fingerprint density at radius 1 is 0.806 bits per heavy atom. The minimum atomic E-state index is -3.84. The summed E-state index contributed by atoms with van der Waals surface area (Å²) in [5, 5.41) is 0. The van der Waals surface area contributed by atoms with E-state index >= 15 is 0 Å². The van der Waals surface area contributed by atoms with Gasteiger partial charge in [-0.25, -0.2) is 0 Å². The quantitative estimate of drug-likeness (QED) is 0.642. The fraction of sp³-hybridized carbons (Fsp3) is 0.333. The summed E-state index contributed by atoms with van der Waals surface area (Å²) in [5.74, 6) is -0.364. The number of fused-ring (bicyclic) bond motifs is 5. The molecule has 2 aromatic carbocycles. The van der Waals surface area contributed by atoms with Gasteiger partial charge in [-0.05, 0) is 35.4 Å². The molecule has 0 bridgehead atoms. The highest BCUT2D eigenvalue weighted by molar-refractivity contribution is 7.86. The smallest absolute Gasteiger partial charge is 0.306 e. The van der Waals surface area contributed by atoms with Crippen LogP contribution in [-0.4, -0.2) is 59.6 Å². The fourth-order valence-electron chi connectivity index (χ4n) is 4.31. The number of carbonyl (C=O) groups excluding carboxylic acids is 2. The predicted molar refractivity (Wildman–Crippen MR) is 110 cm³/mol. The van der Waals surface area contributed by atoms with Gasteiger partial charge < -0.3 is 23.3 Å². The fourth-order valence-corrected chi connectivity index (χ4v) is 4.77. The average molecular weight is 447 g/mol. The second kappa shape index (κ2) is 7.16. The number of nitrogens with zero attached hydrogens (tertiary/aromatic N) is 1. The van der Waals surface area contributed by atoms with Crippen molar-refractivity contribution in [1.82, 2.24) is 4.90 Å². The summed E-state index contributed by atoms with van der Waals surface area (Å²) in [6.45, 7) is 0. The van der Waals surface area contributed by atoms with E-state index in [1.807, 2.05) is 0 Å². The van der Waals surface area contributed by atoms with Crippen molar-refractivity contribution >= 4 is 21.8 Å². The molecule has 1 amide bonds. The zero-order chi connectivity index (χ0) is 22.7. The molecule has 2 aromatic rings. The van der Waals surface area contributed by atoms with Gasteiger partial charge in [0.25, 0.3) is 5.91 Å². The molecule has 0 spiro atoms. The van der Waals surface area contributed by atoms with Gasteiger partial charge >= 0.3 is 10.1 Å². The van der Waals surface area contributed by atoms with E-state index < -0.39 is 22.1 Å². The lowest BCUT2D eigenvalue weighted by molar-refractivity contribution is 0.0665. The third kappa shape index (κ3) is 3.18. The van der Waals surface area contributed by atoms with Crippen molar-refractivity contribution in [3.63, 3.8) is 0 Å².